The number of hydrogen-bond acceptors (Lipinski definition) is 2. The highest BCUT2D eigenvalue weighted by Gasteiger charge is 2.18. The number of rotatable bonds is 1. The van der Waals surface area contributed by atoms with Crippen molar-refractivity contribution >= 4 is 12.0 Å². The van der Waals surface area contributed by atoms with Crippen molar-refractivity contribution in [3.8, 4) is 0 Å². The van der Waals surface area contributed by atoms with Crippen LogP contribution in [0.15, 0.2) is 24.3 Å². The first-order valence-corrected chi connectivity index (χ1v) is 3.62. The topological polar surface area (TPSA) is 29.1 Å². The minimum Gasteiger partial charge on any atom is -0.374 e. The van der Waals surface area contributed by atoms with E-state index in [0.717, 1.165) is 12.1 Å². The molecule has 0 bridgehead atoms. The Morgan fingerprint density at radius 1 is 1.45 bits per heavy atom. The van der Waals surface area contributed by atoms with Gasteiger partial charge >= 0.3 is 0 Å². The molecule has 1 heterocycles. The molecule has 1 aliphatic rings. The van der Waals surface area contributed by atoms with Crippen molar-refractivity contribution in [3.05, 3.63) is 29.8 Å². The second-order valence-electron chi connectivity index (χ2n) is 2.68. The molecule has 1 radical (unpaired) electrons. The summed E-state index contributed by atoms with van der Waals surface area (Å²) >= 11 is 0. The number of anilines is 1. The van der Waals surface area contributed by atoms with Gasteiger partial charge in [0.2, 0.25) is 6.29 Å². The zero-order valence-electron chi connectivity index (χ0n) is 6.00. The summed E-state index contributed by atoms with van der Waals surface area (Å²) in [6.07, 6.45) is 2.73. The molecule has 55 valence electrons. The monoisotopic (exact) mass is 146 g/mol. The molecule has 1 aromatic rings. The van der Waals surface area contributed by atoms with Crippen molar-refractivity contribution in [1.29, 1.82) is 0 Å². The summed E-state index contributed by atoms with van der Waals surface area (Å²) in [5.74, 6) is 0. The maximum Gasteiger partial charge on any atom is 0.223 e. The van der Waals surface area contributed by atoms with Crippen LogP contribution in [0.1, 0.15) is 5.56 Å². The van der Waals surface area contributed by atoms with E-state index in [4.69, 9.17) is 0 Å². The van der Waals surface area contributed by atoms with Gasteiger partial charge in [0.15, 0.2) is 0 Å². The van der Waals surface area contributed by atoms with E-state index < -0.39 is 0 Å². The Morgan fingerprint density at radius 3 is 3.00 bits per heavy atom. The third-order valence-corrected chi connectivity index (χ3v) is 1.91. The fraction of sp³-hybridized carbons (Fsp3) is 0.222. The molecule has 2 nitrogen and oxygen atoms in total. The maximum atomic E-state index is 10.3. The van der Waals surface area contributed by atoms with E-state index in [9.17, 15) is 4.79 Å². The molecule has 0 amide bonds. The number of para-hydroxylation sites is 1. The summed E-state index contributed by atoms with van der Waals surface area (Å²) in [5.41, 5.74) is 2.28. The molecule has 1 atom stereocenters. The summed E-state index contributed by atoms with van der Waals surface area (Å²) < 4.78 is 0. The molecule has 0 fully saturated rings. The van der Waals surface area contributed by atoms with Crippen LogP contribution in [-0.2, 0) is 11.2 Å². The van der Waals surface area contributed by atoms with Crippen LogP contribution in [0.25, 0.3) is 0 Å². The molecule has 0 saturated heterocycles. The molecule has 1 N–H and O–H groups in total. The predicted octanol–water partition coefficient (Wildman–Crippen LogP) is 1.13. The highest BCUT2D eigenvalue weighted by Crippen LogP contribution is 2.23. The van der Waals surface area contributed by atoms with Crippen molar-refractivity contribution < 1.29 is 4.79 Å². The van der Waals surface area contributed by atoms with Crippen LogP contribution >= 0.6 is 0 Å². The number of hydrogen-bond donors (Lipinski definition) is 1. The minimum atomic E-state index is -0.132. The average Bonchev–Trinajstić information content (AvgIpc) is 2.46. The summed E-state index contributed by atoms with van der Waals surface area (Å²) in [5, 5.41) is 3.06. The van der Waals surface area contributed by atoms with E-state index in [-0.39, 0.29) is 6.04 Å². The smallest absolute Gasteiger partial charge is 0.223 e. The molecule has 0 saturated carbocycles. The third-order valence-electron chi connectivity index (χ3n) is 1.91. The highest BCUT2D eigenvalue weighted by atomic mass is 16.1. The van der Waals surface area contributed by atoms with Crippen LogP contribution in [0.2, 0.25) is 0 Å². The molecular weight excluding hydrogens is 138 g/mol. The first-order valence-electron chi connectivity index (χ1n) is 3.62. The van der Waals surface area contributed by atoms with E-state index in [1.165, 1.54) is 5.56 Å². The molecule has 11 heavy (non-hydrogen) atoms. The second-order valence-corrected chi connectivity index (χ2v) is 2.68. The fourth-order valence-electron chi connectivity index (χ4n) is 1.37. The number of nitrogens with one attached hydrogen (secondary N) is 1. The molecular formula is C9H8NO. The number of fused-ring (bicyclic) bond motifs is 1. The zero-order valence-corrected chi connectivity index (χ0v) is 6.00. The molecule has 1 aromatic carbocycles. The Labute approximate surface area is 65.2 Å². The fourth-order valence-corrected chi connectivity index (χ4v) is 1.37. The Hall–Kier alpha value is -1.31. The summed E-state index contributed by atoms with van der Waals surface area (Å²) in [4.78, 5) is 10.3. The van der Waals surface area contributed by atoms with Crippen LogP contribution in [0.3, 0.4) is 0 Å². The quantitative estimate of drug-likeness (QED) is 0.643. The van der Waals surface area contributed by atoms with Gasteiger partial charge < -0.3 is 5.32 Å². The third kappa shape index (κ3) is 1.00. The van der Waals surface area contributed by atoms with Gasteiger partial charge in [-0.1, -0.05) is 18.2 Å². The van der Waals surface area contributed by atoms with Gasteiger partial charge in [0.25, 0.3) is 0 Å². The van der Waals surface area contributed by atoms with Gasteiger partial charge in [-0.15, -0.1) is 0 Å². The minimum absolute atomic E-state index is 0.132. The number of benzene rings is 1. The Kier molecular flexibility index (Phi) is 1.39. The van der Waals surface area contributed by atoms with Crippen molar-refractivity contribution in [3.63, 3.8) is 0 Å². The standard InChI is InChI=1S/C9H8NO/c11-6-8-5-7-3-1-2-4-9(7)10-8/h1-4,8,10H,5H2/t8-/m0/s1. The van der Waals surface area contributed by atoms with Gasteiger partial charge in [0.05, 0.1) is 6.04 Å². The average molecular weight is 146 g/mol. The van der Waals surface area contributed by atoms with Crippen molar-refractivity contribution in [2.45, 2.75) is 12.5 Å². The van der Waals surface area contributed by atoms with Gasteiger partial charge in [-0.3, -0.25) is 4.79 Å². The van der Waals surface area contributed by atoms with Crippen molar-refractivity contribution in [1.82, 2.24) is 0 Å². The molecule has 0 unspecified atom stereocenters. The first kappa shape index (κ1) is 6.40. The first-order chi connectivity index (χ1) is 5.40. The van der Waals surface area contributed by atoms with Crippen LogP contribution in [0.4, 0.5) is 5.69 Å². The predicted molar refractivity (Wildman–Crippen MR) is 43.3 cm³/mol. The largest absolute Gasteiger partial charge is 0.374 e. The summed E-state index contributed by atoms with van der Waals surface area (Å²) in [6, 6.07) is 7.81. The number of carbonyl (C=O) groups excluding carboxylic acids is 1. The zero-order chi connectivity index (χ0) is 7.68. The Bertz CT molecular complexity index is 258. The SMILES string of the molecule is O=[C][C@@H]1Cc2ccccc2N1. The highest BCUT2D eigenvalue weighted by molar-refractivity contribution is 5.71. The van der Waals surface area contributed by atoms with Gasteiger partial charge in [-0.2, -0.15) is 0 Å². The van der Waals surface area contributed by atoms with Gasteiger partial charge in [-0.25, -0.2) is 0 Å². The molecule has 2 rings (SSSR count). The van der Waals surface area contributed by atoms with Crippen LogP contribution in [-0.4, -0.2) is 12.3 Å². The lowest BCUT2D eigenvalue weighted by molar-refractivity contribution is 0.547. The lowest BCUT2D eigenvalue weighted by Crippen LogP contribution is -2.15. The van der Waals surface area contributed by atoms with Crippen LogP contribution in [0.5, 0.6) is 0 Å². The second kappa shape index (κ2) is 2.38. The molecule has 1 aliphatic heterocycles. The summed E-state index contributed by atoms with van der Waals surface area (Å²) in [7, 11) is 0. The molecule has 0 spiro atoms. The van der Waals surface area contributed by atoms with Crippen LogP contribution < -0.4 is 5.32 Å². The van der Waals surface area contributed by atoms with Crippen molar-refractivity contribution in [2.24, 2.45) is 0 Å². The lowest BCUT2D eigenvalue weighted by atomic mass is 10.1. The van der Waals surface area contributed by atoms with Gasteiger partial charge in [0.1, 0.15) is 0 Å². The summed E-state index contributed by atoms with van der Waals surface area (Å²) in [6.45, 7) is 0. The Morgan fingerprint density at radius 2 is 2.27 bits per heavy atom. The van der Waals surface area contributed by atoms with Crippen molar-refractivity contribution in [2.75, 3.05) is 5.32 Å². The Balaban J connectivity index is 2.33. The molecule has 0 aliphatic carbocycles. The van der Waals surface area contributed by atoms with E-state index in [1.54, 1.807) is 0 Å². The van der Waals surface area contributed by atoms with E-state index >= 15 is 0 Å². The van der Waals surface area contributed by atoms with E-state index in [2.05, 4.69) is 5.32 Å². The maximum absolute atomic E-state index is 10.3. The molecule has 2 heteroatoms. The molecule has 0 aromatic heterocycles. The van der Waals surface area contributed by atoms with E-state index in [1.807, 2.05) is 30.6 Å². The van der Waals surface area contributed by atoms with E-state index in [0.29, 0.717) is 0 Å². The normalized spacial score (nSPS) is 20.5. The lowest BCUT2D eigenvalue weighted by Gasteiger charge is -1.98. The van der Waals surface area contributed by atoms with Crippen LogP contribution in [0, 0.1) is 0 Å². The van der Waals surface area contributed by atoms with Gasteiger partial charge in [-0.05, 0) is 11.6 Å². The van der Waals surface area contributed by atoms with Gasteiger partial charge in [0, 0.05) is 12.1 Å².